The molecule has 35 heavy (non-hydrogen) atoms. The number of carbonyl (C=O) groups is 1. The minimum atomic E-state index is -0.690. The predicted octanol–water partition coefficient (Wildman–Crippen LogP) is 3.38. The molecule has 1 aliphatic heterocycles. The fraction of sp³-hybridized carbons (Fsp3) is 0.360. The summed E-state index contributed by atoms with van der Waals surface area (Å²) in [5.74, 6) is 2.20. The number of benzene rings is 1. The number of nitrogens with zero attached hydrogens (tertiary/aromatic N) is 4. The van der Waals surface area contributed by atoms with Crippen LogP contribution in [-0.4, -0.2) is 43.9 Å². The zero-order valence-corrected chi connectivity index (χ0v) is 19.6. The van der Waals surface area contributed by atoms with Gasteiger partial charge in [0.15, 0.2) is 11.5 Å². The molecule has 2 aliphatic rings. The maximum atomic E-state index is 11.9. The van der Waals surface area contributed by atoms with Crippen LogP contribution in [0, 0.1) is 5.92 Å². The van der Waals surface area contributed by atoms with Crippen LogP contribution in [0.2, 0.25) is 0 Å². The third-order valence-corrected chi connectivity index (χ3v) is 6.82. The van der Waals surface area contributed by atoms with Gasteiger partial charge in [0.1, 0.15) is 36.5 Å². The second kappa shape index (κ2) is 8.00. The van der Waals surface area contributed by atoms with Crippen molar-refractivity contribution < 1.29 is 14.3 Å². The number of amides is 1. The van der Waals surface area contributed by atoms with Gasteiger partial charge in [0.05, 0.1) is 23.3 Å². The van der Waals surface area contributed by atoms with Gasteiger partial charge in [-0.25, -0.2) is 9.97 Å². The van der Waals surface area contributed by atoms with Crippen LogP contribution in [0.1, 0.15) is 38.3 Å². The van der Waals surface area contributed by atoms with E-state index in [0.29, 0.717) is 31.7 Å². The van der Waals surface area contributed by atoms with Crippen LogP contribution in [-0.2, 0) is 10.3 Å². The fourth-order valence-corrected chi connectivity index (χ4v) is 4.65. The molecule has 1 aliphatic carbocycles. The highest BCUT2D eigenvalue weighted by atomic mass is 16.6. The Balaban J connectivity index is 1.32. The molecule has 4 N–H and O–H groups in total. The number of H-pyrrole nitrogens is 1. The van der Waals surface area contributed by atoms with E-state index in [9.17, 15) is 4.79 Å². The maximum absolute atomic E-state index is 11.9. The number of hydrogen-bond acceptors (Lipinski definition) is 7. The summed E-state index contributed by atoms with van der Waals surface area (Å²) < 4.78 is 13.1. The van der Waals surface area contributed by atoms with Crippen molar-refractivity contribution in [2.45, 2.75) is 38.3 Å². The van der Waals surface area contributed by atoms with Crippen LogP contribution in [0.5, 0.6) is 11.5 Å². The highest BCUT2D eigenvalue weighted by Crippen LogP contribution is 2.43. The first-order valence-electron chi connectivity index (χ1n) is 11.8. The minimum Gasteiger partial charge on any atom is -0.486 e. The molecule has 0 bridgehead atoms. The first-order valence-corrected chi connectivity index (χ1v) is 11.8. The van der Waals surface area contributed by atoms with Crippen molar-refractivity contribution in [1.29, 1.82) is 0 Å². The van der Waals surface area contributed by atoms with E-state index in [-0.39, 0.29) is 17.9 Å². The summed E-state index contributed by atoms with van der Waals surface area (Å²) in [4.78, 5) is 24.2. The van der Waals surface area contributed by atoms with E-state index in [1.54, 1.807) is 17.2 Å². The maximum Gasteiger partial charge on any atom is 0.245 e. The van der Waals surface area contributed by atoms with Gasteiger partial charge in [0.2, 0.25) is 5.91 Å². The van der Waals surface area contributed by atoms with Gasteiger partial charge in [-0.15, -0.1) is 0 Å². The minimum absolute atomic E-state index is 0.00434. The van der Waals surface area contributed by atoms with Gasteiger partial charge in [0, 0.05) is 11.8 Å². The van der Waals surface area contributed by atoms with E-state index in [4.69, 9.17) is 15.2 Å². The lowest BCUT2D eigenvalue weighted by molar-refractivity contribution is -0.122. The average Bonchev–Trinajstić information content (AvgIpc) is 3.32. The number of aromatic nitrogens is 5. The standard InChI is InChI=1S/C25H27N7O3/c1-14(2)21(15-3-4-19-20(9-15)35-8-7-34-19)31-23-17-10-18(30-22(17)27-13-28-23)16-11-29-32(12-16)25(5-6-25)24(26)33/h3-4,9-14,21H,5-8H2,1-2H3,(H2,26,33)(H2,27,28,30,31)/t21-/m1/s1. The van der Waals surface area contributed by atoms with Gasteiger partial charge in [-0.2, -0.15) is 5.10 Å². The van der Waals surface area contributed by atoms with Crippen molar-refractivity contribution in [3.8, 4) is 22.8 Å². The smallest absolute Gasteiger partial charge is 0.245 e. The van der Waals surface area contributed by atoms with Crippen molar-refractivity contribution in [2.75, 3.05) is 18.5 Å². The topological polar surface area (TPSA) is 133 Å². The van der Waals surface area contributed by atoms with Crippen LogP contribution in [0.25, 0.3) is 22.3 Å². The molecule has 1 aromatic carbocycles. The van der Waals surface area contributed by atoms with Crippen molar-refractivity contribution in [2.24, 2.45) is 11.7 Å². The molecular weight excluding hydrogens is 446 g/mol. The third-order valence-electron chi connectivity index (χ3n) is 6.82. The molecule has 1 atom stereocenters. The highest BCUT2D eigenvalue weighted by molar-refractivity contribution is 5.91. The number of rotatable bonds is 7. The van der Waals surface area contributed by atoms with E-state index in [2.05, 4.69) is 45.3 Å². The number of ether oxygens (including phenoxy) is 2. The van der Waals surface area contributed by atoms with Crippen molar-refractivity contribution >= 4 is 22.8 Å². The monoisotopic (exact) mass is 473 g/mol. The molecule has 0 saturated heterocycles. The Kier molecular flexibility index (Phi) is 4.91. The molecule has 0 unspecified atom stereocenters. The molecule has 0 spiro atoms. The van der Waals surface area contributed by atoms with Crippen molar-refractivity contribution in [3.05, 3.63) is 48.5 Å². The Morgan fingerprint density at radius 3 is 2.71 bits per heavy atom. The Morgan fingerprint density at radius 1 is 1.17 bits per heavy atom. The lowest BCUT2D eigenvalue weighted by atomic mass is 9.95. The Hall–Kier alpha value is -4.08. The summed E-state index contributed by atoms with van der Waals surface area (Å²) in [5, 5.41) is 8.89. The lowest BCUT2D eigenvalue weighted by Crippen LogP contribution is -2.34. The van der Waals surface area contributed by atoms with E-state index >= 15 is 0 Å². The number of nitrogens with one attached hydrogen (secondary N) is 2. The number of primary amides is 1. The summed E-state index contributed by atoms with van der Waals surface area (Å²) in [6.45, 7) is 5.44. The number of anilines is 1. The van der Waals surface area contributed by atoms with Crippen LogP contribution in [0.4, 0.5) is 5.82 Å². The first-order chi connectivity index (χ1) is 16.9. The zero-order valence-electron chi connectivity index (χ0n) is 19.6. The number of aromatic amines is 1. The number of hydrogen-bond donors (Lipinski definition) is 3. The quantitative estimate of drug-likeness (QED) is 0.375. The Morgan fingerprint density at radius 2 is 1.97 bits per heavy atom. The van der Waals surface area contributed by atoms with Crippen molar-refractivity contribution in [3.63, 3.8) is 0 Å². The molecule has 4 heterocycles. The molecule has 6 rings (SSSR count). The molecule has 10 nitrogen and oxygen atoms in total. The number of nitrogens with two attached hydrogens (primary N) is 1. The summed E-state index contributed by atoms with van der Waals surface area (Å²) in [6, 6.07) is 8.06. The van der Waals surface area contributed by atoms with Crippen LogP contribution >= 0.6 is 0 Å². The van der Waals surface area contributed by atoms with Crippen LogP contribution < -0.4 is 20.5 Å². The van der Waals surface area contributed by atoms with Crippen LogP contribution in [0.3, 0.4) is 0 Å². The number of fused-ring (bicyclic) bond motifs is 2. The first kappa shape index (κ1) is 21.5. The fourth-order valence-electron chi connectivity index (χ4n) is 4.65. The molecular formula is C25H27N7O3. The van der Waals surface area contributed by atoms with Gasteiger partial charge in [-0.05, 0) is 42.5 Å². The lowest BCUT2D eigenvalue weighted by Gasteiger charge is -2.26. The highest BCUT2D eigenvalue weighted by Gasteiger charge is 2.51. The summed E-state index contributed by atoms with van der Waals surface area (Å²) in [6.07, 6.45) is 6.57. The Labute approximate surface area is 201 Å². The van der Waals surface area contributed by atoms with Gasteiger partial charge < -0.3 is 25.5 Å². The van der Waals surface area contributed by atoms with Gasteiger partial charge in [-0.1, -0.05) is 19.9 Å². The molecule has 180 valence electrons. The average molecular weight is 474 g/mol. The molecule has 1 amide bonds. The molecule has 10 heteroatoms. The third kappa shape index (κ3) is 3.65. The second-order valence-electron chi connectivity index (χ2n) is 9.51. The summed E-state index contributed by atoms with van der Waals surface area (Å²) in [7, 11) is 0. The molecule has 0 radical (unpaired) electrons. The predicted molar refractivity (Wildman–Crippen MR) is 130 cm³/mol. The van der Waals surface area contributed by atoms with E-state index < -0.39 is 5.54 Å². The van der Waals surface area contributed by atoms with Crippen LogP contribution in [0.15, 0.2) is 43.0 Å². The summed E-state index contributed by atoms with van der Waals surface area (Å²) >= 11 is 0. The SMILES string of the molecule is CC(C)[C@@H](Nc1ncnc2[nH]c(-c3cnn(C4(C(N)=O)CC4)c3)cc12)c1ccc2c(c1)OCCO2. The zero-order chi connectivity index (χ0) is 24.2. The largest absolute Gasteiger partial charge is 0.486 e. The van der Waals surface area contributed by atoms with E-state index in [0.717, 1.165) is 39.5 Å². The second-order valence-corrected chi connectivity index (χ2v) is 9.51. The normalized spacial score (nSPS) is 16.9. The molecule has 1 saturated carbocycles. The number of carbonyl (C=O) groups excluding carboxylic acids is 1. The van der Waals surface area contributed by atoms with Gasteiger partial charge >= 0.3 is 0 Å². The molecule has 4 aromatic rings. The van der Waals surface area contributed by atoms with Gasteiger partial charge in [-0.3, -0.25) is 9.48 Å². The summed E-state index contributed by atoms with van der Waals surface area (Å²) in [5.41, 5.74) is 8.42. The van der Waals surface area contributed by atoms with Crippen molar-refractivity contribution in [1.82, 2.24) is 24.7 Å². The van der Waals surface area contributed by atoms with Gasteiger partial charge in [0.25, 0.3) is 0 Å². The van der Waals surface area contributed by atoms with E-state index in [1.165, 1.54) is 0 Å². The Bertz CT molecular complexity index is 1420. The molecule has 3 aromatic heterocycles. The van der Waals surface area contributed by atoms with E-state index in [1.807, 2.05) is 24.4 Å². The molecule has 1 fully saturated rings.